The molecule has 0 spiro atoms. The predicted molar refractivity (Wildman–Crippen MR) is 159 cm³/mol. The molecule has 7 nitrogen and oxygen atoms in total. The van der Waals surface area contributed by atoms with Gasteiger partial charge in [-0.05, 0) is 61.9 Å². The molecule has 1 aromatic heterocycles. The van der Waals surface area contributed by atoms with E-state index < -0.39 is 10.0 Å². The molecule has 39 heavy (non-hydrogen) atoms. The number of hydrogen-bond acceptors (Lipinski definition) is 6. The van der Waals surface area contributed by atoms with Gasteiger partial charge in [0.2, 0.25) is 10.0 Å². The molecule has 0 bridgehead atoms. The van der Waals surface area contributed by atoms with E-state index in [1.165, 1.54) is 31.8 Å². The lowest BCUT2D eigenvalue weighted by molar-refractivity contribution is -0.0440. The number of carbonyl (C=O) groups is 1. The quantitative estimate of drug-likeness (QED) is 0.348. The van der Waals surface area contributed by atoms with Crippen molar-refractivity contribution in [3.63, 3.8) is 0 Å². The van der Waals surface area contributed by atoms with Crippen molar-refractivity contribution in [3.05, 3.63) is 74.5 Å². The maximum Gasteiger partial charge on any atom is 0.253 e. The Balaban J connectivity index is 1.22. The summed E-state index contributed by atoms with van der Waals surface area (Å²) in [4.78, 5) is 20.0. The smallest absolute Gasteiger partial charge is 0.253 e. The minimum Gasteiger partial charge on any atom is -0.373 e. The number of piperazine rings is 1. The first-order valence-corrected chi connectivity index (χ1v) is 16.3. The summed E-state index contributed by atoms with van der Waals surface area (Å²) in [6.45, 7) is 7.67. The molecular formula is C28H31BrClN3O4S2. The van der Waals surface area contributed by atoms with Crippen LogP contribution in [0.25, 0.3) is 10.4 Å². The number of sulfonamides is 1. The van der Waals surface area contributed by atoms with Crippen molar-refractivity contribution in [1.82, 2.24) is 14.1 Å². The Hall–Kier alpha value is -1.79. The van der Waals surface area contributed by atoms with Gasteiger partial charge in [-0.1, -0.05) is 39.7 Å². The van der Waals surface area contributed by atoms with Crippen LogP contribution >= 0.6 is 38.9 Å². The number of rotatable bonds is 6. The van der Waals surface area contributed by atoms with Crippen molar-refractivity contribution >= 4 is 54.8 Å². The van der Waals surface area contributed by atoms with Gasteiger partial charge in [-0.2, -0.15) is 4.31 Å². The minimum absolute atomic E-state index is 0.0334. The molecule has 2 aliphatic rings. The summed E-state index contributed by atoms with van der Waals surface area (Å²) < 4.78 is 35.0. The van der Waals surface area contributed by atoms with E-state index in [1.807, 2.05) is 26.0 Å². The van der Waals surface area contributed by atoms with Crippen LogP contribution in [0.3, 0.4) is 0 Å². The average Bonchev–Trinajstić information content (AvgIpc) is 3.37. The molecule has 1 amide bonds. The third-order valence-corrected chi connectivity index (χ3v) is 10.9. The van der Waals surface area contributed by atoms with Crippen molar-refractivity contribution in [2.75, 3.05) is 39.3 Å². The molecule has 5 rings (SSSR count). The number of nitrogens with zero attached hydrogens (tertiary/aromatic N) is 3. The van der Waals surface area contributed by atoms with Gasteiger partial charge in [0.05, 0.1) is 17.2 Å². The van der Waals surface area contributed by atoms with Gasteiger partial charge in [0.15, 0.2) is 0 Å². The SMILES string of the molecule is CC1CN(S(=O)(=O)c2cc(C(=O)N3CCN(Cc4ccc(-c5cccc(Br)c5)s4)CC3)ccc2Cl)CC(C)O1. The van der Waals surface area contributed by atoms with E-state index in [4.69, 9.17) is 16.3 Å². The molecule has 2 fully saturated rings. The maximum atomic E-state index is 13.4. The van der Waals surface area contributed by atoms with Gasteiger partial charge < -0.3 is 9.64 Å². The summed E-state index contributed by atoms with van der Waals surface area (Å²) in [6.07, 6.45) is -0.436. The molecular weight excluding hydrogens is 622 g/mol. The molecule has 0 saturated carbocycles. The summed E-state index contributed by atoms with van der Waals surface area (Å²) in [5.74, 6) is -0.181. The summed E-state index contributed by atoms with van der Waals surface area (Å²) in [6, 6.07) is 17.2. The molecule has 2 saturated heterocycles. The van der Waals surface area contributed by atoms with Crippen LogP contribution in [0.4, 0.5) is 0 Å². The number of carbonyl (C=O) groups excluding carboxylic acids is 1. The Labute approximate surface area is 247 Å². The van der Waals surface area contributed by atoms with E-state index in [2.05, 4.69) is 45.1 Å². The fourth-order valence-corrected chi connectivity index (χ4v) is 8.61. The highest BCUT2D eigenvalue weighted by Gasteiger charge is 2.34. The van der Waals surface area contributed by atoms with E-state index in [1.54, 1.807) is 22.3 Å². The Morgan fingerprint density at radius 2 is 1.74 bits per heavy atom. The molecule has 2 atom stereocenters. The predicted octanol–water partition coefficient (Wildman–Crippen LogP) is 5.59. The molecule has 0 N–H and O–H groups in total. The Morgan fingerprint density at radius 1 is 1.03 bits per heavy atom. The van der Waals surface area contributed by atoms with Crippen LogP contribution in [0.5, 0.6) is 0 Å². The highest BCUT2D eigenvalue weighted by molar-refractivity contribution is 9.10. The first-order chi connectivity index (χ1) is 18.6. The summed E-state index contributed by atoms with van der Waals surface area (Å²) >= 11 is 11.7. The topological polar surface area (TPSA) is 70.2 Å². The van der Waals surface area contributed by atoms with E-state index in [0.29, 0.717) is 18.7 Å². The standard InChI is InChI=1S/C28H31BrClN3O4S2/c1-19-16-33(17-20(2)37-19)39(35,36)27-15-22(6-8-25(27)30)28(34)32-12-10-31(11-13-32)18-24-7-9-26(38-24)21-4-3-5-23(29)14-21/h3-9,14-15,19-20H,10-13,16-18H2,1-2H3. The van der Waals surface area contributed by atoms with Crippen LogP contribution in [-0.2, 0) is 21.3 Å². The third-order valence-electron chi connectivity index (χ3n) is 6.99. The van der Waals surface area contributed by atoms with Crippen molar-refractivity contribution < 1.29 is 17.9 Å². The number of benzene rings is 2. The molecule has 3 heterocycles. The average molecular weight is 653 g/mol. The lowest BCUT2D eigenvalue weighted by atomic mass is 10.2. The van der Waals surface area contributed by atoms with E-state index in [0.717, 1.165) is 24.1 Å². The van der Waals surface area contributed by atoms with Crippen molar-refractivity contribution in [3.8, 4) is 10.4 Å². The van der Waals surface area contributed by atoms with Crippen molar-refractivity contribution in [1.29, 1.82) is 0 Å². The van der Waals surface area contributed by atoms with Gasteiger partial charge in [-0.3, -0.25) is 9.69 Å². The summed E-state index contributed by atoms with van der Waals surface area (Å²) in [5, 5.41) is 0.112. The van der Waals surface area contributed by atoms with Crippen molar-refractivity contribution in [2.24, 2.45) is 0 Å². The zero-order chi connectivity index (χ0) is 27.7. The van der Waals surface area contributed by atoms with Gasteiger partial charge >= 0.3 is 0 Å². The van der Waals surface area contributed by atoms with E-state index in [9.17, 15) is 13.2 Å². The van der Waals surface area contributed by atoms with Gasteiger partial charge in [0.25, 0.3) is 5.91 Å². The number of thiophene rings is 1. The second-order valence-electron chi connectivity index (χ2n) is 10.1. The first kappa shape index (κ1) is 28.7. The number of halogens is 2. The van der Waals surface area contributed by atoms with Gasteiger partial charge in [0, 0.05) is 65.6 Å². The number of hydrogen-bond donors (Lipinski definition) is 0. The zero-order valence-corrected chi connectivity index (χ0v) is 25.8. The summed E-state index contributed by atoms with van der Waals surface area (Å²) in [5.41, 5.74) is 1.52. The lowest BCUT2D eigenvalue weighted by Gasteiger charge is -2.35. The molecule has 0 aliphatic carbocycles. The Morgan fingerprint density at radius 3 is 2.44 bits per heavy atom. The van der Waals surface area contributed by atoms with Crippen LogP contribution in [-0.4, -0.2) is 79.9 Å². The molecule has 2 unspecified atom stereocenters. The van der Waals surface area contributed by atoms with Gasteiger partial charge in [-0.25, -0.2) is 8.42 Å². The third kappa shape index (κ3) is 6.59. The maximum absolute atomic E-state index is 13.4. The van der Waals surface area contributed by atoms with Crippen LogP contribution in [0.15, 0.2) is 64.0 Å². The highest BCUT2D eigenvalue weighted by Crippen LogP contribution is 2.31. The minimum atomic E-state index is -3.87. The van der Waals surface area contributed by atoms with Gasteiger partial charge in [0.1, 0.15) is 4.90 Å². The van der Waals surface area contributed by atoms with Crippen LogP contribution < -0.4 is 0 Å². The fourth-order valence-electron chi connectivity index (χ4n) is 5.07. The molecule has 11 heteroatoms. The number of amides is 1. The largest absolute Gasteiger partial charge is 0.373 e. The monoisotopic (exact) mass is 651 g/mol. The molecule has 2 aliphatic heterocycles. The first-order valence-electron chi connectivity index (χ1n) is 12.9. The Bertz CT molecular complexity index is 1450. The second kappa shape index (κ2) is 12.0. The molecule has 3 aromatic rings. The zero-order valence-electron chi connectivity index (χ0n) is 21.8. The molecule has 0 radical (unpaired) electrons. The number of morpholine rings is 1. The Kier molecular flexibility index (Phi) is 8.83. The molecule has 2 aromatic carbocycles. The second-order valence-corrected chi connectivity index (χ2v) is 14.5. The van der Waals surface area contributed by atoms with E-state index in [-0.39, 0.29) is 41.1 Å². The normalized spacial score (nSPS) is 21.3. The highest BCUT2D eigenvalue weighted by atomic mass is 79.9. The van der Waals surface area contributed by atoms with Crippen LogP contribution in [0, 0.1) is 0 Å². The van der Waals surface area contributed by atoms with Crippen LogP contribution in [0.1, 0.15) is 29.1 Å². The van der Waals surface area contributed by atoms with Crippen molar-refractivity contribution in [2.45, 2.75) is 37.5 Å². The number of ether oxygens (including phenoxy) is 1. The van der Waals surface area contributed by atoms with Gasteiger partial charge in [-0.15, -0.1) is 11.3 Å². The van der Waals surface area contributed by atoms with Crippen LogP contribution in [0.2, 0.25) is 5.02 Å². The lowest BCUT2D eigenvalue weighted by Crippen LogP contribution is -2.48. The molecule has 208 valence electrons. The van der Waals surface area contributed by atoms with E-state index >= 15 is 0 Å². The summed E-state index contributed by atoms with van der Waals surface area (Å²) in [7, 11) is -3.87. The fraction of sp³-hybridized carbons (Fsp3) is 0.393.